The van der Waals surface area contributed by atoms with Crippen molar-refractivity contribution in [2.45, 2.75) is 0 Å². The molecular weight excluding hydrogens is 349 g/mol. The van der Waals surface area contributed by atoms with Crippen LogP contribution in [0.5, 0.6) is 0 Å². The molecule has 73 valence electrons. The molecule has 0 aromatic carbocycles. The fraction of sp³-hybridized carbons (Fsp3) is 0. The molecular formula is C6CoFeK2N6. The van der Waals surface area contributed by atoms with E-state index in [1.807, 2.05) is 0 Å². The molecule has 0 rings (SSSR count). The smallest absolute Gasteiger partial charge is 0.512 e. The molecule has 0 spiro atoms. The number of rotatable bonds is 0. The summed E-state index contributed by atoms with van der Waals surface area (Å²) in [5, 5.41) is 37.5. The first-order valence-electron chi connectivity index (χ1n) is 1.34. The molecule has 0 aliphatic carbocycles. The maximum Gasteiger partial charge on any atom is 2.00 e. The van der Waals surface area contributed by atoms with Gasteiger partial charge < -0.3 is 71.0 Å². The van der Waals surface area contributed by atoms with Crippen LogP contribution in [0.4, 0.5) is 0 Å². The molecule has 0 amide bonds. The van der Waals surface area contributed by atoms with Crippen LogP contribution in [0.3, 0.4) is 0 Å². The van der Waals surface area contributed by atoms with Gasteiger partial charge in [-0.05, 0) is 0 Å². The number of nitrogens with zero attached hydrogens (tertiary/aromatic N) is 6. The van der Waals surface area contributed by atoms with Gasteiger partial charge in [0.1, 0.15) is 0 Å². The van der Waals surface area contributed by atoms with Crippen LogP contribution in [0.25, 0.3) is 0 Å². The summed E-state index contributed by atoms with van der Waals surface area (Å²) in [5.41, 5.74) is 0. The van der Waals surface area contributed by atoms with Gasteiger partial charge in [0.15, 0.2) is 0 Å². The molecule has 6 nitrogen and oxygen atoms in total. The van der Waals surface area contributed by atoms with Gasteiger partial charge in [0.05, 0.1) is 0 Å². The summed E-state index contributed by atoms with van der Waals surface area (Å²) in [6.45, 7) is 28.5. The van der Waals surface area contributed by atoms with Crippen LogP contribution in [0.1, 0.15) is 0 Å². The Kier molecular flexibility index (Phi) is 13300. The fourth-order valence-corrected chi connectivity index (χ4v) is 0. The van der Waals surface area contributed by atoms with E-state index in [1.165, 1.54) is 0 Å². The summed E-state index contributed by atoms with van der Waals surface area (Å²) in [4.78, 5) is 0. The van der Waals surface area contributed by atoms with Crippen LogP contribution in [0.15, 0.2) is 0 Å². The van der Waals surface area contributed by atoms with Crippen molar-refractivity contribution in [2.75, 3.05) is 0 Å². The van der Waals surface area contributed by atoms with Crippen LogP contribution >= 0.6 is 0 Å². The van der Waals surface area contributed by atoms with Crippen molar-refractivity contribution in [3.63, 3.8) is 0 Å². The van der Waals surface area contributed by atoms with E-state index in [2.05, 4.69) is 0 Å². The molecule has 0 fully saturated rings. The molecule has 0 bridgehead atoms. The summed E-state index contributed by atoms with van der Waals surface area (Å²) < 4.78 is 0. The van der Waals surface area contributed by atoms with Gasteiger partial charge in [-0.15, -0.1) is 0 Å². The first-order valence-corrected chi connectivity index (χ1v) is 1.34. The van der Waals surface area contributed by atoms with E-state index < -0.39 is 0 Å². The zero-order valence-corrected chi connectivity index (χ0v) is 16.8. The predicted octanol–water partition coefficient (Wildman–Crippen LogP) is -5.42. The minimum atomic E-state index is 0. The van der Waals surface area contributed by atoms with Gasteiger partial charge in [0.2, 0.25) is 0 Å². The third kappa shape index (κ3) is 2010. The maximum atomic E-state index is 6.25. The Morgan fingerprint density at radius 1 is 0.375 bits per heavy atom. The first-order chi connectivity index (χ1) is 6.00. The quantitative estimate of drug-likeness (QED) is 0.315. The summed E-state index contributed by atoms with van der Waals surface area (Å²) in [7, 11) is 0. The van der Waals surface area contributed by atoms with E-state index in [-0.39, 0.29) is 137 Å². The van der Waals surface area contributed by atoms with Gasteiger partial charge in [-0.3, -0.25) is 0 Å². The summed E-state index contributed by atoms with van der Waals surface area (Å²) in [6.07, 6.45) is 0. The van der Waals surface area contributed by atoms with Crippen LogP contribution in [-0.2, 0) is 33.8 Å². The molecule has 0 saturated carbocycles. The van der Waals surface area contributed by atoms with Crippen LogP contribution in [0.2, 0.25) is 0 Å². The second-order valence-corrected chi connectivity index (χ2v) is 0. The van der Waals surface area contributed by atoms with E-state index in [4.69, 9.17) is 71.0 Å². The average molecular weight is 349 g/mol. The molecule has 0 aliphatic rings. The van der Waals surface area contributed by atoms with Crippen molar-refractivity contribution in [3.05, 3.63) is 39.4 Å². The Hall–Kier alpha value is 1.24. The molecule has 0 atom stereocenters. The van der Waals surface area contributed by atoms with E-state index in [9.17, 15) is 0 Å². The normalized spacial score (nSPS) is 0.750. The minimum absolute atomic E-state index is 0. The third-order valence-electron chi connectivity index (χ3n) is 0. The summed E-state index contributed by atoms with van der Waals surface area (Å²) in [5.74, 6) is 0. The van der Waals surface area contributed by atoms with Gasteiger partial charge in [-0.1, -0.05) is 0 Å². The van der Waals surface area contributed by atoms with Gasteiger partial charge in [-0.25, -0.2) is 0 Å². The Morgan fingerprint density at radius 3 is 0.375 bits per heavy atom. The van der Waals surface area contributed by atoms with Gasteiger partial charge in [0, 0.05) is 0 Å². The number of hydrogen-bond acceptors (Lipinski definition) is 6. The SMILES string of the molecule is [C-]#N.[C-]#N.[C-]#N.[C-]#N.[C-]#N.[C-]#N.[Co+2].[Fe+2].[K+].[K+]. The van der Waals surface area contributed by atoms with Crippen LogP contribution in [-0.4, -0.2) is 0 Å². The van der Waals surface area contributed by atoms with Gasteiger partial charge in [0.25, 0.3) is 0 Å². The third-order valence-corrected chi connectivity index (χ3v) is 0. The topological polar surface area (TPSA) is 143 Å². The van der Waals surface area contributed by atoms with E-state index >= 15 is 0 Å². The zero-order chi connectivity index (χ0) is 12.0. The Labute approximate surface area is 203 Å². The molecule has 0 aliphatic heterocycles. The van der Waals surface area contributed by atoms with E-state index in [0.29, 0.717) is 0 Å². The second-order valence-electron chi connectivity index (χ2n) is 0. The molecule has 0 aromatic heterocycles. The van der Waals surface area contributed by atoms with Gasteiger partial charge >= 0.3 is 137 Å². The molecule has 0 N–H and O–H groups in total. The van der Waals surface area contributed by atoms with Crippen LogP contribution < -0.4 is 103 Å². The first kappa shape index (κ1) is 86.8. The molecule has 0 saturated heterocycles. The van der Waals surface area contributed by atoms with Crippen molar-refractivity contribution in [2.24, 2.45) is 0 Å². The summed E-state index contributed by atoms with van der Waals surface area (Å²) in [6, 6.07) is 0. The van der Waals surface area contributed by atoms with Crippen molar-refractivity contribution < 1.29 is 137 Å². The fourth-order valence-electron chi connectivity index (χ4n) is 0. The Balaban J connectivity index is -0.00000000321. The molecule has 0 aromatic rings. The maximum absolute atomic E-state index is 6.25. The summed E-state index contributed by atoms with van der Waals surface area (Å²) >= 11 is 0. The average Bonchev–Trinajstić information content (AvgIpc) is 2.33. The predicted molar refractivity (Wildman–Crippen MR) is 29.8 cm³/mol. The van der Waals surface area contributed by atoms with E-state index in [0.717, 1.165) is 0 Å². The Bertz CT molecular complexity index is 106. The van der Waals surface area contributed by atoms with Crippen molar-refractivity contribution in [3.8, 4) is 0 Å². The van der Waals surface area contributed by atoms with Crippen molar-refractivity contribution >= 4 is 0 Å². The molecule has 16 heavy (non-hydrogen) atoms. The molecule has 0 heterocycles. The van der Waals surface area contributed by atoms with Crippen molar-refractivity contribution in [1.82, 2.24) is 0 Å². The standard InChI is InChI=1S/6CN.Co.Fe.2K/c6*1-2;;;;/q6*-1;2*+2;2*+1. The zero-order valence-electron chi connectivity index (χ0n) is 8.37. The van der Waals surface area contributed by atoms with Crippen LogP contribution in [0, 0.1) is 71.0 Å². The van der Waals surface area contributed by atoms with E-state index in [1.54, 1.807) is 0 Å². The van der Waals surface area contributed by atoms with Gasteiger partial charge in [-0.2, -0.15) is 0 Å². The minimum Gasteiger partial charge on any atom is -0.512 e. The largest absolute Gasteiger partial charge is 2.00 e. The monoisotopic (exact) mass is 349 g/mol. The Morgan fingerprint density at radius 2 is 0.375 bits per heavy atom. The number of hydrogen-bond donors (Lipinski definition) is 0. The van der Waals surface area contributed by atoms with Crippen molar-refractivity contribution in [1.29, 1.82) is 31.6 Å². The second kappa shape index (κ2) is 2460. The molecule has 10 heteroatoms. The molecule has 1 radical (unpaired) electrons. The molecule has 0 unspecified atom stereocenters.